The van der Waals surface area contributed by atoms with Gasteiger partial charge < -0.3 is 9.84 Å². The molecule has 0 aliphatic heterocycles. The van der Waals surface area contributed by atoms with Crippen LogP contribution >= 0.6 is 0 Å². The lowest BCUT2D eigenvalue weighted by molar-refractivity contribution is 0.174. The predicted octanol–water partition coefficient (Wildman–Crippen LogP) is 4.39. The van der Waals surface area contributed by atoms with Crippen molar-refractivity contribution in [3.8, 4) is 22.9 Å². The topological polar surface area (TPSA) is 53.2 Å². The van der Waals surface area contributed by atoms with Gasteiger partial charge in [0.1, 0.15) is 5.75 Å². The molecular weight excluding hydrogens is 298 g/mol. The van der Waals surface area contributed by atoms with Crippen molar-refractivity contribution in [3.05, 3.63) is 66.2 Å². The summed E-state index contributed by atoms with van der Waals surface area (Å²) in [6, 6.07) is 22.0. The minimum atomic E-state index is 0.124. The van der Waals surface area contributed by atoms with Crippen molar-refractivity contribution in [2.75, 3.05) is 13.2 Å². The number of benzene rings is 3. The predicted molar refractivity (Wildman–Crippen MR) is 95.8 cm³/mol. The largest absolute Gasteiger partial charge is 0.493 e. The third kappa shape index (κ3) is 3.56. The highest BCUT2D eigenvalue weighted by atomic mass is 16.5. The van der Waals surface area contributed by atoms with Crippen molar-refractivity contribution < 1.29 is 9.84 Å². The molecule has 0 unspecified atom stereocenters. The van der Waals surface area contributed by atoms with Crippen molar-refractivity contribution >= 4 is 10.8 Å². The summed E-state index contributed by atoms with van der Waals surface area (Å²) >= 11 is 0. The Hall–Kier alpha value is -2.83. The summed E-state index contributed by atoms with van der Waals surface area (Å²) in [6.07, 6.45) is 0. The monoisotopic (exact) mass is 317 g/mol. The number of nitrogens with zero attached hydrogens (tertiary/aromatic N) is 1. The van der Waals surface area contributed by atoms with E-state index in [4.69, 9.17) is 15.1 Å². The second-order valence-electron chi connectivity index (χ2n) is 6.01. The van der Waals surface area contributed by atoms with Crippen LogP contribution < -0.4 is 4.74 Å². The lowest BCUT2D eigenvalue weighted by Gasteiger charge is -2.11. The zero-order valence-corrected chi connectivity index (χ0v) is 13.6. The van der Waals surface area contributed by atoms with Gasteiger partial charge in [-0.2, -0.15) is 5.26 Å². The number of aliphatic hydroxyl groups is 1. The summed E-state index contributed by atoms with van der Waals surface area (Å²) < 4.78 is 5.72. The maximum Gasteiger partial charge on any atom is 0.119 e. The van der Waals surface area contributed by atoms with Crippen LogP contribution in [0.2, 0.25) is 0 Å². The minimum Gasteiger partial charge on any atom is -0.493 e. The van der Waals surface area contributed by atoms with E-state index in [2.05, 4.69) is 24.3 Å². The van der Waals surface area contributed by atoms with E-state index in [1.54, 1.807) is 0 Å². The highest BCUT2D eigenvalue weighted by Gasteiger charge is 2.04. The van der Waals surface area contributed by atoms with E-state index < -0.39 is 0 Å². The van der Waals surface area contributed by atoms with Crippen LogP contribution in [-0.2, 0) is 0 Å². The summed E-state index contributed by atoms with van der Waals surface area (Å²) in [5.74, 6) is 0.938. The third-order valence-electron chi connectivity index (χ3n) is 4.01. The molecule has 0 spiro atoms. The van der Waals surface area contributed by atoms with E-state index in [1.807, 2.05) is 49.4 Å². The van der Waals surface area contributed by atoms with Crippen molar-refractivity contribution in [2.24, 2.45) is 5.92 Å². The van der Waals surface area contributed by atoms with Crippen LogP contribution in [0.15, 0.2) is 60.7 Å². The van der Waals surface area contributed by atoms with Crippen molar-refractivity contribution in [1.82, 2.24) is 0 Å². The summed E-state index contributed by atoms with van der Waals surface area (Å²) in [7, 11) is 0. The maximum absolute atomic E-state index is 9.06. The molecule has 1 N–H and O–H groups in total. The molecule has 0 bridgehead atoms. The van der Waals surface area contributed by atoms with Crippen LogP contribution in [0.25, 0.3) is 21.9 Å². The van der Waals surface area contributed by atoms with Gasteiger partial charge >= 0.3 is 0 Å². The molecule has 0 saturated heterocycles. The molecule has 0 amide bonds. The maximum atomic E-state index is 9.06. The number of fused-ring (bicyclic) bond motifs is 1. The molecule has 0 heterocycles. The molecule has 0 saturated carbocycles. The minimum absolute atomic E-state index is 0.124. The number of ether oxygens (including phenoxy) is 1. The molecular formula is C21H19NO2. The molecule has 3 nitrogen and oxygen atoms in total. The normalized spacial score (nSPS) is 11.9. The first-order valence-electron chi connectivity index (χ1n) is 7.97. The third-order valence-corrected chi connectivity index (χ3v) is 4.01. The summed E-state index contributed by atoms with van der Waals surface area (Å²) in [6.45, 7) is 2.58. The Morgan fingerprint density at radius 2 is 1.62 bits per heavy atom. The van der Waals surface area contributed by atoms with E-state index in [-0.39, 0.29) is 12.5 Å². The smallest absolute Gasteiger partial charge is 0.119 e. The second-order valence-corrected chi connectivity index (χ2v) is 6.01. The summed E-state index contributed by atoms with van der Waals surface area (Å²) in [5, 5.41) is 20.2. The Bertz CT molecular complexity index is 878. The Labute approximate surface area is 141 Å². The summed E-state index contributed by atoms with van der Waals surface area (Å²) in [4.78, 5) is 0. The van der Waals surface area contributed by atoms with Gasteiger partial charge in [-0.1, -0.05) is 37.3 Å². The molecule has 1 atom stereocenters. The first-order chi connectivity index (χ1) is 11.7. The molecule has 0 aromatic heterocycles. The van der Waals surface area contributed by atoms with E-state index >= 15 is 0 Å². The molecule has 3 heteroatoms. The molecule has 3 aromatic carbocycles. The fraction of sp³-hybridized carbons (Fsp3) is 0.190. The van der Waals surface area contributed by atoms with Crippen LogP contribution in [0.5, 0.6) is 5.75 Å². The van der Waals surface area contributed by atoms with Crippen LogP contribution in [0.4, 0.5) is 0 Å². The second kappa shape index (κ2) is 7.16. The standard InChI is InChI=1S/C21H19NO2/c1-15(13-23)14-24-21-9-8-19-10-18(6-7-20(19)11-21)17-4-2-16(12-22)3-5-17/h2-11,15,23H,13-14H2,1H3/t15-/m0/s1. The van der Waals surface area contributed by atoms with E-state index in [9.17, 15) is 0 Å². The Kier molecular flexibility index (Phi) is 4.79. The van der Waals surface area contributed by atoms with Gasteiger partial charge in [-0.05, 0) is 52.2 Å². The number of hydrogen-bond donors (Lipinski definition) is 1. The Morgan fingerprint density at radius 3 is 2.33 bits per heavy atom. The van der Waals surface area contributed by atoms with Crippen LogP contribution in [0.1, 0.15) is 12.5 Å². The number of aliphatic hydroxyl groups excluding tert-OH is 1. The van der Waals surface area contributed by atoms with Gasteiger partial charge in [0, 0.05) is 12.5 Å². The van der Waals surface area contributed by atoms with Gasteiger partial charge in [-0.15, -0.1) is 0 Å². The molecule has 3 aromatic rings. The molecule has 120 valence electrons. The lowest BCUT2D eigenvalue weighted by atomic mass is 10.0. The Balaban J connectivity index is 1.85. The van der Waals surface area contributed by atoms with Gasteiger partial charge in [-0.25, -0.2) is 0 Å². The zero-order chi connectivity index (χ0) is 16.9. The molecule has 0 aliphatic rings. The van der Waals surface area contributed by atoms with Gasteiger partial charge in [-0.3, -0.25) is 0 Å². The first-order valence-corrected chi connectivity index (χ1v) is 7.97. The van der Waals surface area contributed by atoms with Crippen LogP contribution in [0.3, 0.4) is 0 Å². The molecule has 0 radical (unpaired) electrons. The Morgan fingerprint density at radius 1 is 0.958 bits per heavy atom. The fourth-order valence-electron chi connectivity index (χ4n) is 2.52. The molecule has 0 aliphatic carbocycles. The first kappa shape index (κ1) is 16.0. The number of rotatable bonds is 5. The highest BCUT2D eigenvalue weighted by Crippen LogP contribution is 2.27. The quantitative estimate of drug-likeness (QED) is 0.759. The molecule has 24 heavy (non-hydrogen) atoms. The van der Waals surface area contributed by atoms with Crippen molar-refractivity contribution in [2.45, 2.75) is 6.92 Å². The van der Waals surface area contributed by atoms with Gasteiger partial charge in [0.2, 0.25) is 0 Å². The van der Waals surface area contributed by atoms with Crippen molar-refractivity contribution in [1.29, 1.82) is 5.26 Å². The van der Waals surface area contributed by atoms with Crippen LogP contribution in [0, 0.1) is 17.2 Å². The average Bonchev–Trinajstić information content (AvgIpc) is 2.65. The number of hydrogen-bond acceptors (Lipinski definition) is 3. The van der Waals surface area contributed by atoms with Gasteiger partial charge in [0.25, 0.3) is 0 Å². The van der Waals surface area contributed by atoms with E-state index in [0.29, 0.717) is 12.2 Å². The van der Waals surface area contributed by atoms with Crippen molar-refractivity contribution in [3.63, 3.8) is 0 Å². The zero-order valence-electron chi connectivity index (χ0n) is 13.6. The molecule has 3 rings (SSSR count). The van der Waals surface area contributed by atoms with E-state index in [0.717, 1.165) is 27.6 Å². The van der Waals surface area contributed by atoms with Gasteiger partial charge in [0.05, 0.1) is 18.2 Å². The lowest BCUT2D eigenvalue weighted by Crippen LogP contribution is -2.11. The van der Waals surface area contributed by atoms with Crippen LogP contribution in [-0.4, -0.2) is 18.3 Å². The van der Waals surface area contributed by atoms with E-state index in [1.165, 1.54) is 0 Å². The fourth-order valence-corrected chi connectivity index (χ4v) is 2.52. The summed E-state index contributed by atoms with van der Waals surface area (Å²) in [5.41, 5.74) is 2.88. The molecule has 0 fully saturated rings. The number of nitriles is 1. The SMILES string of the molecule is C[C@@H](CO)COc1ccc2cc(-c3ccc(C#N)cc3)ccc2c1. The highest BCUT2D eigenvalue weighted by molar-refractivity contribution is 5.88. The average molecular weight is 317 g/mol. The van der Waals surface area contributed by atoms with Gasteiger partial charge in [0.15, 0.2) is 0 Å².